The van der Waals surface area contributed by atoms with Gasteiger partial charge in [-0.15, -0.1) is 0 Å². The molecule has 1 nitrogen and oxygen atoms in total. The SMILES string of the molecule is FC(F)(F)COC1CC2C=CC1C2. The second-order valence-electron chi connectivity index (χ2n) is 3.74. The summed E-state index contributed by atoms with van der Waals surface area (Å²) in [5.41, 5.74) is 0. The van der Waals surface area contributed by atoms with Crippen LogP contribution in [0, 0.1) is 11.8 Å². The van der Waals surface area contributed by atoms with Crippen LogP contribution in [0.5, 0.6) is 0 Å². The topological polar surface area (TPSA) is 9.23 Å². The third kappa shape index (κ3) is 2.05. The maximum absolute atomic E-state index is 11.8. The van der Waals surface area contributed by atoms with Gasteiger partial charge in [-0.05, 0) is 18.8 Å². The summed E-state index contributed by atoms with van der Waals surface area (Å²) in [6.07, 6.45) is 1.41. The number of fused-ring (bicyclic) bond motifs is 2. The van der Waals surface area contributed by atoms with E-state index in [1.807, 2.05) is 6.08 Å². The van der Waals surface area contributed by atoms with E-state index in [2.05, 4.69) is 6.08 Å². The van der Waals surface area contributed by atoms with Crippen molar-refractivity contribution >= 4 is 0 Å². The molecule has 2 aliphatic rings. The van der Waals surface area contributed by atoms with Crippen LogP contribution >= 0.6 is 0 Å². The molecular formula is C9H11F3O. The minimum atomic E-state index is -4.19. The maximum atomic E-state index is 11.8. The van der Waals surface area contributed by atoms with Gasteiger partial charge in [0.2, 0.25) is 0 Å². The lowest BCUT2D eigenvalue weighted by atomic mass is 10.0. The highest BCUT2D eigenvalue weighted by molar-refractivity contribution is 5.10. The normalized spacial score (nSPS) is 37.3. The summed E-state index contributed by atoms with van der Waals surface area (Å²) in [6, 6.07) is 0. The summed E-state index contributed by atoms with van der Waals surface area (Å²) in [4.78, 5) is 0. The number of hydrogen-bond acceptors (Lipinski definition) is 1. The Kier molecular flexibility index (Phi) is 2.10. The fourth-order valence-electron chi connectivity index (χ4n) is 2.12. The Balaban J connectivity index is 1.81. The fourth-order valence-corrected chi connectivity index (χ4v) is 2.12. The molecular weight excluding hydrogens is 181 g/mol. The molecule has 0 N–H and O–H groups in total. The Morgan fingerprint density at radius 2 is 2.00 bits per heavy atom. The Labute approximate surface area is 74.6 Å². The first-order chi connectivity index (χ1) is 6.04. The van der Waals surface area contributed by atoms with Crippen molar-refractivity contribution in [2.75, 3.05) is 6.61 Å². The van der Waals surface area contributed by atoms with E-state index in [9.17, 15) is 13.2 Å². The molecule has 0 aromatic rings. The van der Waals surface area contributed by atoms with Crippen molar-refractivity contribution in [3.8, 4) is 0 Å². The molecule has 0 aromatic heterocycles. The average molecular weight is 192 g/mol. The number of allylic oxidation sites excluding steroid dienone is 1. The number of ether oxygens (including phenoxy) is 1. The molecule has 0 spiro atoms. The number of hydrogen-bond donors (Lipinski definition) is 0. The van der Waals surface area contributed by atoms with Gasteiger partial charge in [-0.2, -0.15) is 13.2 Å². The van der Waals surface area contributed by atoms with Gasteiger partial charge in [0.25, 0.3) is 0 Å². The largest absolute Gasteiger partial charge is 0.411 e. The molecule has 74 valence electrons. The number of halogens is 3. The van der Waals surface area contributed by atoms with E-state index < -0.39 is 12.8 Å². The lowest BCUT2D eigenvalue weighted by Gasteiger charge is -2.19. The Hall–Kier alpha value is -0.510. The van der Waals surface area contributed by atoms with Crippen molar-refractivity contribution in [2.45, 2.75) is 25.1 Å². The van der Waals surface area contributed by atoms with Crippen LogP contribution in [0.2, 0.25) is 0 Å². The average Bonchev–Trinajstić information content (AvgIpc) is 2.58. The van der Waals surface area contributed by atoms with Crippen molar-refractivity contribution in [2.24, 2.45) is 11.8 Å². The molecule has 3 unspecified atom stereocenters. The van der Waals surface area contributed by atoms with Crippen LogP contribution in [-0.2, 0) is 4.74 Å². The second-order valence-corrected chi connectivity index (χ2v) is 3.74. The predicted molar refractivity (Wildman–Crippen MR) is 41.1 cm³/mol. The lowest BCUT2D eigenvalue weighted by molar-refractivity contribution is -0.187. The molecule has 0 aliphatic heterocycles. The van der Waals surface area contributed by atoms with Crippen molar-refractivity contribution < 1.29 is 17.9 Å². The molecule has 0 radical (unpaired) electrons. The van der Waals surface area contributed by atoms with Gasteiger partial charge in [0.05, 0.1) is 6.10 Å². The van der Waals surface area contributed by atoms with Crippen molar-refractivity contribution in [3.63, 3.8) is 0 Å². The molecule has 0 saturated heterocycles. The summed E-state index contributed by atoms with van der Waals surface area (Å²) in [5, 5.41) is 0. The molecule has 1 saturated carbocycles. The van der Waals surface area contributed by atoms with Gasteiger partial charge in [0.1, 0.15) is 6.61 Å². The summed E-state index contributed by atoms with van der Waals surface area (Å²) in [6.45, 7) is -1.10. The summed E-state index contributed by atoms with van der Waals surface area (Å²) < 4.78 is 40.2. The monoisotopic (exact) mass is 192 g/mol. The van der Waals surface area contributed by atoms with E-state index in [0.717, 1.165) is 12.8 Å². The number of rotatable bonds is 2. The van der Waals surface area contributed by atoms with E-state index in [0.29, 0.717) is 5.92 Å². The first kappa shape index (κ1) is 9.06. The molecule has 2 bridgehead atoms. The minimum Gasteiger partial charge on any atom is -0.368 e. The first-order valence-corrected chi connectivity index (χ1v) is 4.41. The van der Waals surface area contributed by atoms with Crippen LogP contribution in [-0.4, -0.2) is 18.9 Å². The van der Waals surface area contributed by atoms with E-state index in [1.165, 1.54) is 0 Å². The Morgan fingerprint density at radius 1 is 1.23 bits per heavy atom. The molecule has 2 aliphatic carbocycles. The van der Waals surface area contributed by atoms with Crippen LogP contribution in [0.1, 0.15) is 12.8 Å². The van der Waals surface area contributed by atoms with Crippen LogP contribution in [0.15, 0.2) is 12.2 Å². The van der Waals surface area contributed by atoms with Gasteiger partial charge in [0, 0.05) is 5.92 Å². The molecule has 0 amide bonds. The third-order valence-electron chi connectivity index (χ3n) is 2.68. The highest BCUT2D eigenvalue weighted by Crippen LogP contribution is 2.41. The van der Waals surface area contributed by atoms with Gasteiger partial charge in [-0.25, -0.2) is 0 Å². The maximum Gasteiger partial charge on any atom is 0.411 e. The number of alkyl halides is 3. The fraction of sp³-hybridized carbons (Fsp3) is 0.778. The zero-order chi connectivity index (χ0) is 9.47. The molecule has 3 atom stereocenters. The standard InChI is InChI=1S/C9H11F3O/c10-9(11,12)5-13-8-4-6-1-2-7(8)3-6/h1-2,6-8H,3-5H2. The predicted octanol–water partition coefficient (Wildman–Crippen LogP) is 2.53. The summed E-state index contributed by atoms with van der Waals surface area (Å²) in [7, 11) is 0. The second kappa shape index (κ2) is 3.01. The van der Waals surface area contributed by atoms with Gasteiger partial charge >= 0.3 is 6.18 Å². The molecule has 1 fully saturated rings. The quantitative estimate of drug-likeness (QED) is 0.611. The van der Waals surface area contributed by atoms with E-state index in [4.69, 9.17) is 4.74 Å². The third-order valence-corrected chi connectivity index (χ3v) is 2.68. The Morgan fingerprint density at radius 3 is 2.46 bits per heavy atom. The summed E-state index contributed by atoms with van der Waals surface area (Å²) in [5.74, 6) is 0.690. The highest BCUT2D eigenvalue weighted by atomic mass is 19.4. The molecule has 4 heteroatoms. The van der Waals surface area contributed by atoms with Gasteiger partial charge in [-0.1, -0.05) is 12.2 Å². The zero-order valence-electron chi connectivity index (χ0n) is 7.05. The van der Waals surface area contributed by atoms with E-state index in [1.54, 1.807) is 0 Å². The van der Waals surface area contributed by atoms with Gasteiger partial charge < -0.3 is 4.74 Å². The highest BCUT2D eigenvalue weighted by Gasteiger charge is 2.38. The van der Waals surface area contributed by atoms with Crippen LogP contribution in [0.25, 0.3) is 0 Å². The lowest BCUT2D eigenvalue weighted by Crippen LogP contribution is -2.25. The first-order valence-electron chi connectivity index (χ1n) is 4.41. The van der Waals surface area contributed by atoms with Crippen molar-refractivity contribution in [1.82, 2.24) is 0 Å². The van der Waals surface area contributed by atoms with Crippen LogP contribution in [0.3, 0.4) is 0 Å². The molecule has 13 heavy (non-hydrogen) atoms. The molecule has 2 rings (SSSR count). The van der Waals surface area contributed by atoms with Crippen molar-refractivity contribution in [1.29, 1.82) is 0 Å². The van der Waals surface area contributed by atoms with E-state index in [-0.39, 0.29) is 12.0 Å². The van der Waals surface area contributed by atoms with Gasteiger partial charge in [0.15, 0.2) is 0 Å². The van der Waals surface area contributed by atoms with Crippen molar-refractivity contribution in [3.05, 3.63) is 12.2 Å². The summed E-state index contributed by atoms with van der Waals surface area (Å²) >= 11 is 0. The molecule has 0 aromatic carbocycles. The van der Waals surface area contributed by atoms with Gasteiger partial charge in [-0.3, -0.25) is 0 Å². The van der Waals surface area contributed by atoms with E-state index >= 15 is 0 Å². The Bertz CT molecular complexity index is 221. The van der Waals surface area contributed by atoms with Crippen LogP contribution in [0.4, 0.5) is 13.2 Å². The zero-order valence-corrected chi connectivity index (χ0v) is 7.05. The smallest absolute Gasteiger partial charge is 0.368 e. The van der Waals surface area contributed by atoms with Crippen LogP contribution < -0.4 is 0 Å². The minimum absolute atomic E-state index is 0.198. The molecule has 0 heterocycles.